The van der Waals surface area contributed by atoms with Crippen molar-refractivity contribution in [2.75, 3.05) is 0 Å². The number of nitrogens with two attached hydrogens (primary N) is 1. The van der Waals surface area contributed by atoms with Crippen LogP contribution in [0.1, 0.15) is 37.1 Å². The van der Waals surface area contributed by atoms with E-state index >= 15 is 0 Å². The van der Waals surface area contributed by atoms with Crippen LogP contribution in [0.25, 0.3) is 0 Å². The van der Waals surface area contributed by atoms with Gasteiger partial charge in [-0.2, -0.15) is 0 Å². The van der Waals surface area contributed by atoms with Crippen molar-refractivity contribution < 1.29 is 4.79 Å². The fraction of sp³-hybridized carbons (Fsp3) is 0.278. The standard InChI is InChI=1S/C18H21BrN2O.ClH/c1-12(17(20)14-7-4-3-5-8-14)18(22)21-13(2)15-9-6-10-16(19)11-15;/h3-13,17H,20H2,1-2H3,(H,21,22);1H. The largest absolute Gasteiger partial charge is 0.349 e. The number of amides is 1. The first-order valence-corrected chi connectivity index (χ1v) is 8.14. The Hall–Kier alpha value is -1.36. The quantitative estimate of drug-likeness (QED) is 0.786. The lowest BCUT2D eigenvalue weighted by Crippen LogP contribution is -2.36. The van der Waals surface area contributed by atoms with E-state index in [1.165, 1.54) is 0 Å². The van der Waals surface area contributed by atoms with E-state index in [1.54, 1.807) is 0 Å². The maximum atomic E-state index is 12.4. The van der Waals surface area contributed by atoms with Gasteiger partial charge < -0.3 is 11.1 Å². The number of rotatable bonds is 5. The predicted molar refractivity (Wildman–Crippen MR) is 100 cm³/mol. The van der Waals surface area contributed by atoms with Crippen LogP contribution < -0.4 is 11.1 Å². The Balaban J connectivity index is 0.00000264. The Morgan fingerprint density at radius 1 is 1.04 bits per heavy atom. The maximum Gasteiger partial charge on any atom is 0.225 e. The van der Waals surface area contributed by atoms with Crippen LogP contribution in [-0.4, -0.2) is 5.91 Å². The third-order valence-electron chi connectivity index (χ3n) is 3.84. The fourth-order valence-corrected chi connectivity index (χ4v) is 2.75. The maximum absolute atomic E-state index is 12.4. The lowest BCUT2D eigenvalue weighted by atomic mass is 9.94. The first kappa shape index (κ1) is 19.7. The molecule has 3 unspecified atom stereocenters. The van der Waals surface area contributed by atoms with E-state index in [0.29, 0.717) is 0 Å². The normalized spacial score (nSPS) is 14.3. The van der Waals surface area contributed by atoms with Gasteiger partial charge in [-0.3, -0.25) is 4.79 Å². The van der Waals surface area contributed by atoms with Gasteiger partial charge in [-0.15, -0.1) is 12.4 Å². The van der Waals surface area contributed by atoms with Gasteiger partial charge in [0, 0.05) is 10.5 Å². The van der Waals surface area contributed by atoms with E-state index in [2.05, 4.69) is 21.2 Å². The second-order valence-corrected chi connectivity index (χ2v) is 6.43. The van der Waals surface area contributed by atoms with Gasteiger partial charge >= 0.3 is 0 Å². The van der Waals surface area contributed by atoms with E-state index in [0.717, 1.165) is 15.6 Å². The lowest BCUT2D eigenvalue weighted by Gasteiger charge is -2.22. The van der Waals surface area contributed by atoms with E-state index in [9.17, 15) is 4.79 Å². The molecule has 0 saturated carbocycles. The molecule has 0 aliphatic rings. The van der Waals surface area contributed by atoms with Crippen molar-refractivity contribution in [1.29, 1.82) is 0 Å². The number of carbonyl (C=O) groups excluding carboxylic acids is 1. The van der Waals surface area contributed by atoms with Crippen LogP contribution in [0.15, 0.2) is 59.1 Å². The van der Waals surface area contributed by atoms with Crippen LogP contribution in [0.3, 0.4) is 0 Å². The van der Waals surface area contributed by atoms with Gasteiger partial charge in [-0.25, -0.2) is 0 Å². The van der Waals surface area contributed by atoms with Crippen LogP contribution in [0.2, 0.25) is 0 Å². The van der Waals surface area contributed by atoms with Crippen molar-refractivity contribution in [2.45, 2.75) is 25.9 Å². The molecular weight excluding hydrogens is 376 g/mol. The zero-order valence-electron chi connectivity index (χ0n) is 13.2. The van der Waals surface area contributed by atoms with Crippen LogP contribution in [-0.2, 0) is 4.79 Å². The Kier molecular flexibility index (Phi) is 7.76. The second kappa shape index (κ2) is 9.06. The number of hydrogen-bond acceptors (Lipinski definition) is 2. The minimum Gasteiger partial charge on any atom is -0.349 e. The highest BCUT2D eigenvalue weighted by Crippen LogP contribution is 2.22. The third-order valence-corrected chi connectivity index (χ3v) is 4.34. The molecule has 124 valence electrons. The molecular formula is C18H22BrClN2O. The molecule has 0 aromatic heterocycles. The summed E-state index contributed by atoms with van der Waals surface area (Å²) in [5.41, 5.74) is 8.24. The minimum atomic E-state index is -0.309. The SMILES string of the molecule is CC(NC(=O)C(C)C(N)c1ccccc1)c1cccc(Br)c1.Cl. The lowest BCUT2D eigenvalue weighted by molar-refractivity contribution is -0.125. The average molecular weight is 398 g/mol. The van der Waals surface area contributed by atoms with Crippen LogP contribution in [0, 0.1) is 5.92 Å². The summed E-state index contributed by atoms with van der Waals surface area (Å²) in [5.74, 6) is -0.333. The molecule has 0 aliphatic heterocycles. The summed E-state index contributed by atoms with van der Waals surface area (Å²) >= 11 is 3.45. The number of carbonyl (C=O) groups is 1. The van der Waals surface area contributed by atoms with Gasteiger partial charge in [0.2, 0.25) is 5.91 Å². The van der Waals surface area contributed by atoms with Crippen LogP contribution in [0.5, 0.6) is 0 Å². The molecule has 0 bridgehead atoms. The first-order chi connectivity index (χ1) is 10.5. The zero-order chi connectivity index (χ0) is 16.1. The van der Waals surface area contributed by atoms with Gasteiger partial charge in [0.15, 0.2) is 0 Å². The van der Waals surface area contributed by atoms with E-state index in [1.807, 2.05) is 68.4 Å². The molecule has 2 rings (SSSR count). The molecule has 23 heavy (non-hydrogen) atoms. The van der Waals surface area contributed by atoms with E-state index < -0.39 is 0 Å². The van der Waals surface area contributed by atoms with Gasteiger partial charge in [-0.05, 0) is 30.2 Å². The van der Waals surface area contributed by atoms with Gasteiger partial charge in [0.05, 0.1) is 12.0 Å². The third kappa shape index (κ3) is 5.34. The molecule has 2 aromatic rings. The number of nitrogens with one attached hydrogen (secondary N) is 1. The van der Waals surface area contributed by atoms with Crippen LogP contribution >= 0.6 is 28.3 Å². The highest BCUT2D eigenvalue weighted by atomic mass is 79.9. The molecule has 3 N–H and O–H groups in total. The molecule has 1 amide bonds. The number of hydrogen-bond donors (Lipinski definition) is 2. The summed E-state index contributed by atoms with van der Waals surface area (Å²) in [5, 5.41) is 3.03. The molecule has 0 spiro atoms. The molecule has 3 atom stereocenters. The first-order valence-electron chi connectivity index (χ1n) is 7.35. The molecule has 0 radical (unpaired) electrons. The van der Waals surface area contributed by atoms with Crippen molar-refractivity contribution in [1.82, 2.24) is 5.32 Å². The summed E-state index contributed by atoms with van der Waals surface area (Å²) < 4.78 is 1.00. The molecule has 5 heteroatoms. The van der Waals surface area contributed by atoms with Crippen molar-refractivity contribution >= 4 is 34.2 Å². The van der Waals surface area contributed by atoms with E-state index in [4.69, 9.17) is 5.73 Å². The number of halogens is 2. The average Bonchev–Trinajstić information content (AvgIpc) is 2.54. The van der Waals surface area contributed by atoms with Gasteiger partial charge in [0.1, 0.15) is 0 Å². The summed E-state index contributed by atoms with van der Waals surface area (Å²) in [7, 11) is 0. The fourth-order valence-electron chi connectivity index (χ4n) is 2.33. The topological polar surface area (TPSA) is 55.1 Å². The summed E-state index contributed by atoms with van der Waals surface area (Å²) in [6, 6.07) is 17.3. The Morgan fingerprint density at radius 2 is 1.65 bits per heavy atom. The minimum absolute atomic E-state index is 0. The summed E-state index contributed by atoms with van der Waals surface area (Å²) in [6.45, 7) is 3.83. The van der Waals surface area contributed by atoms with Crippen LogP contribution in [0.4, 0.5) is 0 Å². The van der Waals surface area contributed by atoms with Crippen molar-refractivity contribution in [3.63, 3.8) is 0 Å². The number of benzene rings is 2. The molecule has 3 nitrogen and oxygen atoms in total. The monoisotopic (exact) mass is 396 g/mol. The molecule has 2 aromatic carbocycles. The highest BCUT2D eigenvalue weighted by Gasteiger charge is 2.23. The zero-order valence-corrected chi connectivity index (χ0v) is 15.6. The highest BCUT2D eigenvalue weighted by molar-refractivity contribution is 9.10. The molecule has 0 heterocycles. The van der Waals surface area contributed by atoms with Crippen molar-refractivity contribution in [3.05, 3.63) is 70.2 Å². The van der Waals surface area contributed by atoms with Crippen molar-refractivity contribution in [3.8, 4) is 0 Å². The molecule has 0 saturated heterocycles. The Labute approximate surface area is 152 Å². The molecule has 0 fully saturated rings. The van der Waals surface area contributed by atoms with Gasteiger partial charge in [0.25, 0.3) is 0 Å². The smallest absolute Gasteiger partial charge is 0.225 e. The predicted octanol–water partition coefficient (Wildman–Crippen LogP) is 4.38. The Morgan fingerprint density at radius 3 is 2.26 bits per heavy atom. The van der Waals surface area contributed by atoms with Gasteiger partial charge in [-0.1, -0.05) is 65.3 Å². The molecule has 0 aliphatic carbocycles. The summed E-state index contributed by atoms with van der Waals surface area (Å²) in [6.07, 6.45) is 0. The second-order valence-electron chi connectivity index (χ2n) is 5.51. The Bertz CT molecular complexity index is 636. The van der Waals surface area contributed by atoms with Crippen molar-refractivity contribution in [2.24, 2.45) is 11.7 Å². The summed E-state index contributed by atoms with van der Waals surface area (Å²) in [4.78, 5) is 12.4. The van der Waals surface area contributed by atoms with E-state index in [-0.39, 0.29) is 36.3 Å².